The molecule has 30 heavy (non-hydrogen) atoms. The molecule has 1 aromatic carbocycles. The number of hydrogen-bond acceptors (Lipinski definition) is 6. The first kappa shape index (κ1) is 21.2. The van der Waals surface area contributed by atoms with Crippen LogP contribution in [0, 0.1) is 11.8 Å². The Morgan fingerprint density at radius 2 is 1.80 bits per heavy atom. The van der Waals surface area contributed by atoms with Crippen molar-refractivity contribution >= 4 is 28.9 Å². The zero-order valence-corrected chi connectivity index (χ0v) is 18.4. The number of benzene rings is 1. The highest BCUT2D eigenvalue weighted by atomic mass is 35.5. The van der Waals surface area contributed by atoms with E-state index < -0.39 is 0 Å². The second-order valence-corrected chi connectivity index (χ2v) is 8.63. The molecule has 162 valence electrons. The standard InChI is InChI=1S/C23H31ClN4O2/c1-2-17-3-5-18(6-4-17)16-30-22-21(24)15-25-23(27-22)26-19-7-9-20(10-8-19)28-11-13-29-14-12-28/h7-10,15,17-18H,2-6,11-14,16H2,1H3,(H,25,26,27)/t17-,18-. The Hall–Kier alpha value is -2.05. The topological polar surface area (TPSA) is 59.5 Å². The molecule has 6 nitrogen and oxygen atoms in total. The van der Waals surface area contributed by atoms with Gasteiger partial charge in [0, 0.05) is 24.5 Å². The van der Waals surface area contributed by atoms with Crippen LogP contribution in [0.2, 0.25) is 5.02 Å². The monoisotopic (exact) mass is 430 g/mol. The van der Waals surface area contributed by atoms with Crippen LogP contribution in [-0.4, -0.2) is 42.9 Å². The maximum Gasteiger partial charge on any atom is 0.237 e. The van der Waals surface area contributed by atoms with E-state index in [4.69, 9.17) is 21.1 Å². The summed E-state index contributed by atoms with van der Waals surface area (Å²) in [5.74, 6) is 2.41. The molecule has 2 aliphatic rings. The second-order valence-electron chi connectivity index (χ2n) is 8.22. The molecule has 1 saturated heterocycles. The van der Waals surface area contributed by atoms with Crippen molar-refractivity contribution in [2.75, 3.05) is 43.1 Å². The SMILES string of the molecule is CC[C@H]1CC[C@H](COc2nc(Nc3ccc(N4CCOCC4)cc3)ncc2Cl)CC1. The lowest BCUT2D eigenvalue weighted by Crippen LogP contribution is -2.36. The highest BCUT2D eigenvalue weighted by Crippen LogP contribution is 2.32. The van der Waals surface area contributed by atoms with Crippen molar-refractivity contribution < 1.29 is 9.47 Å². The molecule has 2 fully saturated rings. The molecule has 0 unspecified atom stereocenters. The molecule has 2 aromatic rings. The van der Waals surface area contributed by atoms with Crippen LogP contribution in [0.3, 0.4) is 0 Å². The van der Waals surface area contributed by atoms with Gasteiger partial charge in [0.2, 0.25) is 11.8 Å². The van der Waals surface area contributed by atoms with Gasteiger partial charge in [-0.1, -0.05) is 37.8 Å². The molecule has 2 heterocycles. The number of nitrogens with zero attached hydrogens (tertiary/aromatic N) is 3. The van der Waals surface area contributed by atoms with Crippen LogP contribution in [0.25, 0.3) is 0 Å². The summed E-state index contributed by atoms with van der Waals surface area (Å²) >= 11 is 6.28. The smallest absolute Gasteiger partial charge is 0.237 e. The normalized spacial score (nSPS) is 22.0. The van der Waals surface area contributed by atoms with Crippen molar-refractivity contribution in [2.45, 2.75) is 39.0 Å². The summed E-state index contributed by atoms with van der Waals surface area (Å²) in [5.41, 5.74) is 2.13. The van der Waals surface area contributed by atoms with Crippen LogP contribution in [0.5, 0.6) is 5.88 Å². The van der Waals surface area contributed by atoms with Crippen molar-refractivity contribution in [3.8, 4) is 5.88 Å². The summed E-state index contributed by atoms with van der Waals surface area (Å²) in [6.07, 6.45) is 7.93. The number of ether oxygens (including phenoxy) is 2. The third kappa shape index (κ3) is 5.55. The van der Waals surface area contributed by atoms with Crippen LogP contribution in [0.4, 0.5) is 17.3 Å². The Morgan fingerprint density at radius 1 is 1.10 bits per heavy atom. The Kier molecular flexibility index (Phi) is 7.28. The summed E-state index contributed by atoms with van der Waals surface area (Å²) in [6.45, 7) is 6.36. The number of nitrogens with one attached hydrogen (secondary N) is 1. The zero-order valence-electron chi connectivity index (χ0n) is 17.6. The summed E-state index contributed by atoms with van der Waals surface area (Å²) in [5, 5.41) is 3.70. The van der Waals surface area contributed by atoms with E-state index in [0.29, 0.717) is 29.4 Å². The maximum absolute atomic E-state index is 6.28. The third-order valence-corrected chi connectivity index (χ3v) is 6.47. The van der Waals surface area contributed by atoms with E-state index in [1.54, 1.807) is 6.20 Å². The Labute approximate surface area is 184 Å². The molecule has 0 atom stereocenters. The molecule has 1 saturated carbocycles. The largest absolute Gasteiger partial charge is 0.476 e. The number of anilines is 3. The number of hydrogen-bond donors (Lipinski definition) is 1. The molecular formula is C23H31ClN4O2. The van der Waals surface area contributed by atoms with Crippen molar-refractivity contribution in [1.29, 1.82) is 0 Å². The first-order valence-corrected chi connectivity index (χ1v) is 11.4. The molecule has 0 radical (unpaired) electrons. The lowest BCUT2D eigenvalue weighted by molar-refractivity contribution is 0.122. The zero-order chi connectivity index (χ0) is 20.8. The molecule has 1 aromatic heterocycles. The predicted molar refractivity (Wildman–Crippen MR) is 121 cm³/mol. The van der Waals surface area contributed by atoms with E-state index in [-0.39, 0.29) is 0 Å². The number of rotatable bonds is 7. The molecule has 1 aliphatic heterocycles. The molecular weight excluding hydrogens is 400 g/mol. The van der Waals surface area contributed by atoms with Gasteiger partial charge in [-0.25, -0.2) is 4.98 Å². The molecule has 7 heteroatoms. The summed E-state index contributed by atoms with van der Waals surface area (Å²) in [4.78, 5) is 11.1. The van der Waals surface area contributed by atoms with Crippen molar-refractivity contribution in [3.63, 3.8) is 0 Å². The van der Waals surface area contributed by atoms with Crippen LogP contribution in [0.1, 0.15) is 39.0 Å². The van der Waals surface area contributed by atoms with Gasteiger partial charge in [0.05, 0.1) is 26.0 Å². The summed E-state index contributed by atoms with van der Waals surface area (Å²) in [7, 11) is 0. The minimum absolute atomic E-state index is 0.449. The van der Waals surface area contributed by atoms with E-state index in [0.717, 1.165) is 37.9 Å². The lowest BCUT2D eigenvalue weighted by Gasteiger charge is -2.28. The van der Waals surface area contributed by atoms with E-state index in [1.165, 1.54) is 37.8 Å². The number of morpholine rings is 1. The highest BCUT2D eigenvalue weighted by Gasteiger charge is 2.21. The molecule has 0 amide bonds. The van der Waals surface area contributed by atoms with Gasteiger partial charge in [-0.05, 0) is 48.9 Å². The average molecular weight is 431 g/mol. The van der Waals surface area contributed by atoms with Crippen LogP contribution in [-0.2, 0) is 4.74 Å². The van der Waals surface area contributed by atoms with Crippen molar-refractivity contribution in [2.24, 2.45) is 11.8 Å². The minimum Gasteiger partial charge on any atom is -0.476 e. The van der Waals surface area contributed by atoms with Crippen molar-refractivity contribution in [1.82, 2.24) is 9.97 Å². The maximum atomic E-state index is 6.28. The van der Waals surface area contributed by atoms with Gasteiger partial charge in [0.15, 0.2) is 0 Å². The molecule has 4 rings (SSSR count). The fraction of sp³-hybridized carbons (Fsp3) is 0.565. The molecule has 1 aliphatic carbocycles. The lowest BCUT2D eigenvalue weighted by atomic mass is 9.81. The van der Waals surface area contributed by atoms with Gasteiger partial charge in [0.25, 0.3) is 0 Å². The minimum atomic E-state index is 0.449. The fourth-order valence-corrected chi connectivity index (χ4v) is 4.37. The first-order chi connectivity index (χ1) is 14.7. The van der Waals surface area contributed by atoms with Crippen LogP contribution in [0.15, 0.2) is 30.5 Å². The third-order valence-electron chi connectivity index (χ3n) is 6.21. The van der Waals surface area contributed by atoms with Gasteiger partial charge in [-0.15, -0.1) is 0 Å². The van der Waals surface area contributed by atoms with E-state index in [2.05, 4.69) is 39.2 Å². The molecule has 0 bridgehead atoms. The van der Waals surface area contributed by atoms with E-state index >= 15 is 0 Å². The quantitative estimate of drug-likeness (QED) is 0.642. The van der Waals surface area contributed by atoms with Crippen LogP contribution >= 0.6 is 11.6 Å². The van der Waals surface area contributed by atoms with Gasteiger partial charge < -0.3 is 19.7 Å². The fourth-order valence-electron chi connectivity index (χ4n) is 4.22. The second kappa shape index (κ2) is 10.3. The first-order valence-electron chi connectivity index (χ1n) is 11.1. The number of halogens is 1. The molecule has 0 spiro atoms. The van der Waals surface area contributed by atoms with Gasteiger partial charge in [-0.2, -0.15) is 4.98 Å². The summed E-state index contributed by atoms with van der Waals surface area (Å²) in [6, 6.07) is 8.28. The van der Waals surface area contributed by atoms with Crippen molar-refractivity contribution in [3.05, 3.63) is 35.5 Å². The van der Waals surface area contributed by atoms with E-state index in [9.17, 15) is 0 Å². The highest BCUT2D eigenvalue weighted by molar-refractivity contribution is 6.31. The Bertz CT molecular complexity index is 803. The Balaban J connectivity index is 1.33. The predicted octanol–water partition coefficient (Wildman–Crippen LogP) is 5.31. The average Bonchev–Trinajstić information content (AvgIpc) is 2.81. The van der Waals surface area contributed by atoms with Gasteiger partial charge in [0.1, 0.15) is 5.02 Å². The number of aromatic nitrogens is 2. The Morgan fingerprint density at radius 3 is 2.50 bits per heavy atom. The summed E-state index contributed by atoms with van der Waals surface area (Å²) < 4.78 is 11.4. The van der Waals surface area contributed by atoms with Crippen LogP contribution < -0.4 is 15.0 Å². The molecule has 1 N–H and O–H groups in total. The van der Waals surface area contributed by atoms with Gasteiger partial charge in [-0.3, -0.25) is 0 Å². The van der Waals surface area contributed by atoms with Gasteiger partial charge >= 0.3 is 0 Å². The van der Waals surface area contributed by atoms with E-state index in [1.807, 2.05) is 12.1 Å².